The fraction of sp³-hybridized carbons (Fsp3) is 0.267. The van der Waals surface area contributed by atoms with E-state index in [0.717, 1.165) is 6.42 Å². The van der Waals surface area contributed by atoms with Crippen molar-refractivity contribution in [1.29, 1.82) is 0 Å². The van der Waals surface area contributed by atoms with E-state index >= 15 is 0 Å². The molecule has 4 nitrogen and oxygen atoms in total. The van der Waals surface area contributed by atoms with E-state index in [1.165, 1.54) is 6.07 Å². The summed E-state index contributed by atoms with van der Waals surface area (Å²) in [6.07, 6.45) is 2.61. The molecule has 0 unspecified atom stereocenters. The van der Waals surface area contributed by atoms with Crippen molar-refractivity contribution in [2.45, 2.75) is 26.5 Å². The van der Waals surface area contributed by atoms with E-state index in [-0.39, 0.29) is 12.4 Å². The number of hydrogen-bond donors (Lipinski definition) is 1. The van der Waals surface area contributed by atoms with Gasteiger partial charge in [-0.1, -0.05) is 13.0 Å². The molecule has 0 aliphatic rings. The van der Waals surface area contributed by atoms with Gasteiger partial charge in [0.25, 0.3) is 0 Å². The predicted molar refractivity (Wildman–Crippen MR) is 82.4 cm³/mol. The van der Waals surface area contributed by atoms with E-state index in [4.69, 9.17) is 10.5 Å². The molecule has 1 heterocycles. The van der Waals surface area contributed by atoms with Crippen LogP contribution in [0.3, 0.4) is 0 Å². The molecule has 0 amide bonds. The van der Waals surface area contributed by atoms with Crippen molar-refractivity contribution in [2.75, 3.05) is 5.73 Å². The number of aryl methyl sites for hydroxylation is 1. The van der Waals surface area contributed by atoms with Gasteiger partial charge in [-0.2, -0.15) is 0 Å². The molecule has 2 rings (SSSR count). The molecule has 1 aromatic heterocycles. The van der Waals surface area contributed by atoms with Crippen molar-refractivity contribution in [3.8, 4) is 0 Å². The Morgan fingerprint density at radius 1 is 1.43 bits per heavy atom. The highest BCUT2D eigenvalue weighted by molar-refractivity contribution is 9.10. The van der Waals surface area contributed by atoms with E-state index in [1.807, 2.05) is 6.92 Å². The first-order valence-electron chi connectivity index (χ1n) is 6.58. The first kappa shape index (κ1) is 15.6. The number of rotatable bonds is 5. The van der Waals surface area contributed by atoms with Gasteiger partial charge in [0.2, 0.25) is 0 Å². The Labute approximate surface area is 130 Å². The lowest BCUT2D eigenvalue weighted by Gasteiger charge is -2.08. The highest BCUT2D eigenvalue weighted by Gasteiger charge is 2.14. The summed E-state index contributed by atoms with van der Waals surface area (Å²) in [5, 5.41) is 0. The smallest absolute Gasteiger partial charge is 0.355 e. The highest BCUT2D eigenvalue weighted by atomic mass is 79.9. The quantitative estimate of drug-likeness (QED) is 0.832. The van der Waals surface area contributed by atoms with Crippen LogP contribution in [0, 0.1) is 5.82 Å². The molecule has 6 heteroatoms. The van der Waals surface area contributed by atoms with Crippen LogP contribution < -0.4 is 5.73 Å². The fourth-order valence-electron chi connectivity index (χ4n) is 1.98. The second-order valence-electron chi connectivity index (χ2n) is 4.68. The van der Waals surface area contributed by atoms with Crippen LogP contribution in [0.2, 0.25) is 0 Å². The van der Waals surface area contributed by atoms with Gasteiger partial charge < -0.3 is 15.0 Å². The first-order chi connectivity index (χ1) is 10.0. The Balaban J connectivity index is 2.06. The van der Waals surface area contributed by atoms with Gasteiger partial charge in [0.15, 0.2) is 0 Å². The van der Waals surface area contributed by atoms with Gasteiger partial charge in [-0.25, -0.2) is 9.18 Å². The SMILES string of the molecule is CCCn1cc(N)cc1C(=O)OCc1ccc(F)c(Br)c1. The van der Waals surface area contributed by atoms with E-state index < -0.39 is 5.97 Å². The van der Waals surface area contributed by atoms with Crippen LogP contribution in [0.1, 0.15) is 29.4 Å². The number of aromatic nitrogens is 1. The zero-order valence-corrected chi connectivity index (χ0v) is 13.2. The number of benzene rings is 1. The van der Waals surface area contributed by atoms with Crippen LogP contribution >= 0.6 is 15.9 Å². The Hall–Kier alpha value is -1.82. The third kappa shape index (κ3) is 3.85. The minimum absolute atomic E-state index is 0.0783. The van der Waals surface area contributed by atoms with Crippen molar-refractivity contribution >= 4 is 27.6 Å². The summed E-state index contributed by atoms with van der Waals surface area (Å²) >= 11 is 3.10. The molecule has 2 aromatic rings. The fourth-order valence-corrected chi connectivity index (χ4v) is 2.41. The average Bonchev–Trinajstić information content (AvgIpc) is 2.81. The van der Waals surface area contributed by atoms with Gasteiger partial charge >= 0.3 is 5.97 Å². The number of anilines is 1. The average molecular weight is 355 g/mol. The minimum atomic E-state index is -0.444. The van der Waals surface area contributed by atoms with E-state index in [0.29, 0.717) is 28.0 Å². The molecule has 0 radical (unpaired) electrons. The van der Waals surface area contributed by atoms with Gasteiger partial charge in [-0.15, -0.1) is 0 Å². The zero-order chi connectivity index (χ0) is 15.4. The molecule has 112 valence electrons. The molecule has 0 aliphatic carbocycles. The van der Waals surface area contributed by atoms with Crippen LogP contribution in [0.5, 0.6) is 0 Å². The number of carbonyl (C=O) groups excluding carboxylic acids is 1. The molecule has 21 heavy (non-hydrogen) atoms. The van der Waals surface area contributed by atoms with Crippen molar-refractivity contribution in [3.05, 3.63) is 52.0 Å². The number of ether oxygens (including phenoxy) is 1. The number of nitrogens with two attached hydrogens (primary N) is 1. The van der Waals surface area contributed by atoms with Crippen LogP contribution in [-0.4, -0.2) is 10.5 Å². The van der Waals surface area contributed by atoms with Crippen LogP contribution in [0.15, 0.2) is 34.9 Å². The molecule has 0 atom stereocenters. The Morgan fingerprint density at radius 3 is 2.86 bits per heavy atom. The zero-order valence-electron chi connectivity index (χ0n) is 11.6. The topological polar surface area (TPSA) is 57.2 Å². The summed E-state index contributed by atoms with van der Waals surface area (Å²) in [6.45, 7) is 2.79. The van der Waals surface area contributed by atoms with Crippen LogP contribution in [-0.2, 0) is 17.9 Å². The molecule has 2 N–H and O–H groups in total. The van der Waals surface area contributed by atoms with E-state index in [9.17, 15) is 9.18 Å². The number of halogens is 2. The van der Waals surface area contributed by atoms with Crippen molar-refractivity contribution < 1.29 is 13.9 Å². The van der Waals surface area contributed by atoms with Crippen molar-refractivity contribution in [2.24, 2.45) is 0 Å². The van der Waals surface area contributed by atoms with Crippen molar-refractivity contribution in [3.63, 3.8) is 0 Å². The molecule has 0 aliphatic heterocycles. The largest absolute Gasteiger partial charge is 0.456 e. The van der Waals surface area contributed by atoms with Crippen LogP contribution in [0.25, 0.3) is 0 Å². The second kappa shape index (κ2) is 6.76. The summed E-state index contributed by atoms with van der Waals surface area (Å²) in [4.78, 5) is 12.1. The molecule has 0 fully saturated rings. The normalized spacial score (nSPS) is 10.6. The standard InChI is InChI=1S/C15H16BrFN2O2/c1-2-5-19-8-11(18)7-14(19)15(20)21-9-10-3-4-13(17)12(16)6-10/h3-4,6-8H,2,5,9,18H2,1H3. The molecular weight excluding hydrogens is 339 g/mol. The number of nitrogens with zero attached hydrogens (tertiary/aromatic N) is 1. The summed E-state index contributed by atoms with van der Waals surface area (Å²) in [5.41, 5.74) is 7.38. The van der Waals surface area contributed by atoms with Gasteiger partial charge in [0.1, 0.15) is 18.1 Å². The molecule has 1 aromatic carbocycles. The monoisotopic (exact) mass is 354 g/mol. The summed E-state index contributed by atoms with van der Waals surface area (Å²) in [7, 11) is 0. The molecule has 0 spiro atoms. The second-order valence-corrected chi connectivity index (χ2v) is 5.53. The lowest BCUT2D eigenvalue weighted by Crippen LogP contribution is -2.11. The van der Waals surface area contributed by atoms with Gasteiger partial charge in [-0.3, -0.25) is 0 Å². The third-order valence-electron chi connectivity index (χ3n) is 2.95. The Kier molecular flexibility index (Phi) is 5.01. The summed E-state index contributed by atoms with van der Waals surface area (Å²) in [6, 6.07) is 6.08. The van der Waals surface area contributed by atoms with E-state index in [1.54, 1.807) is 29.0 Å². The lowest BCUT2D eigenvalue weighted by atomic mass is 10.2. The predicted octanol–water partition coefficient (Wildman–Crippen LogP) is 3.74. The highest BCUT2D eigenvalue weighted by Crippen LogP contribution is 2.18. The van der Waals surface area contributed by atoms with E-state index in [2.05, 4.69) is 15.9 Å². The molecule has 0 saturated carbocycles. The molecule has 0 saturated heterocycles. The van der Waals surface area contributed by atoms with Gasteiger partial charge in [-0.05, 0) is 46.1 Å². The summed E-state index contributed by atoms with van der Waals surface area (Å²) in [5.74, 6) is -0.796. The summed E-state index contributed by atoms with van der Waals surface area (Å²) < 4.78 is 20.5. The van der Waals surface area contributed by atoms with Crippen LogP contribution in [0.4, 0.5) is 10.1 Å². The minimum Gasteiger partial charge on any atom is -0.456 e. The maximum Gasteiger partial charge on any atom is 0.355 e. The first-order valence-corrected chi connectivity index (χ1v) is 7.37. The molecular formula is C15H16BrFN2O2. The number of nitrogen functional groups attached to an aromatic ring is 1. The Morgan fingerprint density at radius 2 is 2.19 bits per heavy atom. The van der Waals surface area contributed by atoms with Gasteiger partial charge in [0, 0.05) is 12.7 Å². The Bertz CT molecular complexity index is 655. The van der Waals surface area contributed by atoms with Crippen molar-refractivity contribution in [1.82, 2.24) is 4.57 Å². The third-order valence-corrected chi connectivity index (χ3v) is 3.55. The number of carbonyl (C=O) groups is 1. The number of esters is 1. The van der Waals surface area contributed by atoms with Gasteiger partial charge in [0.05, 0.1) is 10.2 Å². The molecule has 0 bridgehead atoms. The number of hydrogen-bond acceptors (Lipinski definition) is 3. The maximum atomic E-state index is 13.1. The lowest BCUT2D eigenvalue weighted by molar-refractivity contribution is 0.0460. The maximum absolute atomic E-state index is 13.1.